The van der Waals surface area contributed by atoms with Gasteiger partial charge in [-0.1, -0.05) is 18.6 Å². The first-order chi connectivity index (χ1) is 13.1. The molecule has 6 nitrogen and oxygen atoms in total. The molecule has 0 radical (unpaired) electrons. The van der Waals surface area contributed by atoms with Crippen LogP contribution in [0.1, 0.15) is 19.3 Å². The lowest BCUT2D eigenvalue weighted by Crippen LogP contribution is -2.35. The number of nitrogens with zero attached hydrogens (tertiary/aromatic N) is 2. The molecule has 0 spiro atoms. The fraction of sp³-hybridized carbons (Fsp3) is 0.421. The Morgan fingerprint density at radius 1 is 1.07 bits per heavy atom. The summed E-state index contributed by atoms with van der Waals surface area (Å²) in [4.78, 5) is 4.56. The molecule has 1 aromatic carbocycles. The molecule has 1 aromatic heterocycles. The van der Waals surface area contributed by atoms with Crippen LogP contribution in [-0.4, -0.2) is 50.3 Å². The number of benzene rings is 1. The minimum atomic E-state index is -3.42. The molecule has 1 fully saturated rings. The van der Waals surface area contributed by atoms with Gasteiger partial charge in [0, 0.05) is 25.0 Å². The number of pyridine rings is 1. The Morgan fingerprint density at radius 3 is 2.48 bits per heavy atom. The smallest absolute Gasteiger partial charge is 0.244 e. The summed E-state index contributed by atoms with van der Waals surface area (Å²) < 4.78 is 37.8. The van der Waals surface area contributed by atoms with Gasteiger partial charge in [-0.2, -0.15) is 4.31 Å². The van der Waals surface area contributed by atoms with E-state index in [4.69, 9.17) is 9.47 Å². The van der Waals surface area contributed by atoms with Crippen LogP contribution in [0.4, 0.5) is 0 Å². The molecule has 2 heterocycles. The van der Waals surface area contributed by atoms with Gasteiger partial charge < -0.3 is 9.47 Å². The molecule has 0 atom stereocenters. The number of para-hydroxylation sites is 2. The standard InChI is InChI=1S/C19H24N2O4S2/c1-24-17-7-3-4-8-18(17)25-13-14-26-19-10-9-16(15-20-19)27(22,23)21-11-5-2-6-12-21/h3-4,7-10,15H,2,5-6,11-14H2,1H3. The molecule has 0 N–H and O–H groups in total. The fourth-order valence-electron chi connectivity index (χ4n) is 2.89. The van der Waals surface area contributed by atoms with E-state index in [2.05, 4.69) is 4.98 Å². The normalized spacial score (nSPS) is 15.4. The first kappa shape index (κ1) is 20.0. The molecule has 3 rings (SSSR count). The van der Waals surface area contributed by atoms with E-state index in [0.717, 1.165) is 24.3 Å². The molecule has 1 aliphatic rings. The second-order valence-electron chi connectivity index (χ2n) is 6.14. The van der Waals surface area contributed by atoms with Gasteiger partial charge in [0.1, 0.15) is 4.90 Å². The highest BCUT2D eigenvalue weighted by Crippen LogP contribution is 2.26. The lowest BCUT2D eigenvalue weighted by atomic mass is 10.2. The quantitative estimate of drug-likeness (QED) is 0.492. The highest BCUT2D eigenvalue weighted by Gasteiger charge is 2.26. The average Bonchev–Trinajstić information content (AvgIpc) is 2.72. The third-order valence-corrected chi connectivity index (χ3v) is 7.11. The van der Waals surface area contributed by atoms with E-state index in [-0.39, 0.29) is 4.90 Å². The second-order valence-corrected chi connectivity index (χ2v) is 9.20. The van der Waals surface area contributed by atoms with Crippen LogP contribution >= 0.6 is 11.8 Å². The van der Waals surface area contributed by atoms with Crippen molar-refractivity contribution in [2.24, 2.45) is 0 Å². The van der Waals surface area contributed by atoms with Crippen LogP contribution in [0.15, 0.2) is 52.5 Å². The molecular weight excluding hydrogens is 384 g/mol. The Morgan fingerprint density at radius 2 is 1.81 bits per heavy atom. The Hall–Kier alpha value is -1.77. The number of aromatic nitrogens is 1. The van der Waals surface area contributed by atoms with E-state index < -0.39 is 10.0 Å². The maximum atomic E-state index is 12.6. The van der Waals surface area contributed by atoms with Crippen LogP contribution in [-0.2, 0) is 10.0 Å². The van der Waals surface area contributed by atoms with Crippen LogP contribution < -0.4 is 9.47 Å². The predicted octanol–water partition coefficient (Wildman–Crippen LogP) is 3.44. The highest BCUT2D eigenvalue weighted by molar-refractivity contribution is 7.99. The third-order valence-electron chi connectivity index (χ3n) is 4.32. The topological polar surface area (TPSA) is 68.7 Å². The third kappa shape index (κ3) is 5.15. The Balaban J connectivity index is 1.52. The molecule has 0 amide bonds. The van der Waals surface area contributed by atoms with E-state index in [0.29, 0.717) is 36.9 Å². The highest BCUT2D eigenvalue weighted by atomic mass is 32.2. The Bertz CT molecular complexity index is 835. The summed E-state index contributed by atoms with van der Waals surface area (Å²) in [6.45, 7) is 1.69. The van der Waals surface area contributed by atoms with Gasteiger partial charge in [-0.15, -0.1) is 11.8 Å². The number of piperidine rings is 1. The van der Waals surface area contributed by atoms with Crippen molar-refractivity contribution < 1.29 is 17.9 Å². The largest absolute Gasteiger partial charge is 0.493 e. The molecule has 146 valence electrons. The summed E-state index contributed by atoms with van der Waals surface area (Å²) >= 11 is 1.52. The van der Waals surface area contributed by atoms with Crippen molar-refractivity contribution in [2.45, 2.75) is 29.2 Å². The summed E-state index contributed by atoms with van der Waals surface area (Å²) in [6, 6.07) is 10.9. The summed E-state index contributed by atoms with van der Waals surface area (Å²) in [6.07, 6.45) is 4.39. The van der Waals surface area contributed by atoms with Crippen molar-refractivity contribution in [3.05, 3.63) is 42.6 Å². The molecule has 8 heteroatoms. The Labute approximate surface area is 164 Å². The van der Waals surface area contributed by atoms with Gasteiger partial charge >= 0.3 is 0 Å². The van der Waals surface area contributed by atoms with Gasteiger partial charge in [-0.25, -0.2) is 13.4 Å². The van der Waals surface area contributed by atoms with Gasteiger partial charge in [0.15, 0.2) is 11.5 Å². The van der Waals surface area contributed by atoms with Crippen molar-refractivity contribution in [1.82, 2.24) is 9.29 Å². The summed E-state index contributed by atoms with van der Waals surface area (Å²) in [7, 11) is -1.81. The first-order valence-corrected chi connectivity index (χ1v) is 11.4. The molecule has 0 aliphatic carbocycles. The van der Waals surface area contributed by atoms with Gasteiger partial charge in [0.2, 0.25) is 10.0 Å². The van der Waals surface area contributed by atoms with Crippen molar-refractivity contribution in [3.8, 4) is 11.5 Å². The summed E-state index contributed by atoms with van der Waals surface area (Å²) in [5.74, 6) is 2.10. The number of sulfonamides is 1. The van der Waals surface area contributed by atoms with Gasteiger partial charge in [0.05, 0.1) is 18.7 Å². The number of ether oxygens (including phenoxy) is 2. The van der Waals surface area contributed by atoms with Crippen molar-refractivity contribution in [1.29, 1.82) is 0 Å². The maximum absolute atomic E-state index is 12.6. The zero-order chi connectivity index (χ0) is 19.1. The van der Waals surface area contributed by atoms with Gasteiger partial charge in [-0.3, -0.25) is 0 Å². The lowest BCUT2D eigenvalue weighted by molar-refractivity contribution is 0.313. The maximum Gasteiger partial charge on any atom is 0.244 e. The number of hydrogen-bond donors (Lipinski definition) is 0. The van der Waals surface area contributed by atoms with E-state index >= 15 is 0 Å². The Kier molecular flexibility index (Phi) is 6.98. The van der Waals surface area contributed by atoms with Crippen LogP contribution in [0.2, 0.25) is 0 Å². The zero-order valence-electron chi connectivity index (χ0n) is 15.3. The molecule has 1 aliphatic heterocycles. The van der Waals surface area contributed by atoms with Crippen LogP contribution in [0.3, 0.4) is 0 Å². The minimum Gasteiger partial charge on any atom is -0.493 e. The SMILES string of the molecule is COc1ccccc1OCCSc1ccc(S(=O)(=O)N2CCCCC2)cn1. The monoisotopic (exact) mass is 408 g/mol. The van der Waals surface area contributed by atoms with Gasteiger partial charge in [-0.05, 0) is 37.1 Å². The fourth-order valence-corrected chi connectivity index (χ4v) is 5.03. The molecule has 27 heavy (non-hydrogen) atoms. The summed E-state index contributed by atoms with van der Waals surface area (Å²) in [5.41, 5.74) is 0. The number of hydrogen-bond acceptors (Lipinski definition) is 6. The minimum absolute atomic E-state index is 0.263. The molecule has 0 saturated carbocycles. The van der Waals surface area contributed by atoms with Crippen LogP contribution in [0, 0.1) is 0 Å². The van der Waals surface area contributed by atoms with E-state index in [9.17, 15) is 8.42 Å². The van der Waals surface area contributed by atoms with E-state index in [1.807, 2.05) is 24.3 Å². The van der Waals surface area contributed by atoms with E-state index in [1.54, 1.807) is 23.5 Å². The molecular formula is C19H24N2O4S2. The predicted molar refractivity (Wildman–Crippen MR) is 106 cm³/mol. The van der Waals surface area contributed by atoms with Crippen molar-refractivity contribution in [3.63, 3.8) is 0 Å². The van der Waals surface area contributed by atoms with E-state index in [1.165, 1.54) is 18.0 Å². The van der Waals surface area contributed by atoms with Crippen LogP contribution in [0.25, 0.3) is 0 Å². The number of methoxy groups -OCH3 is 1. The first-order valence-electron chi connectivity index (χ1n) is 8.96. The number of thioether (sulfide) groups is 1. The molecule has 0 unspecified atom stereocenters. The van der Waals surface area contributed by atoms with Gasteiger partial charge in [0.25, 0.3) is 0 Å². The molecule has 0 bridgehead atoms. The average molecular weight is 409 g/mol. The van der Waals surface area contributed by atoms with Crippen molar-refractivity contribution >= 4 is 21.8 Å². The number of rotatable bonds is 8. The lowest BCUT2D eigenvalue weighted by Gasteiger charge is -2.25. The van der Waals surface area contributed by atoms with Crippen LogP contribution in [0.5, 0.6) is 11.5 Å². The molecule has 1 saturated heterocycles. The molecule has 2 aromatic rings. The summed E-state index contributed by atoms with van der Waals surface area (Å²) in [5, 5.41) is 0.774. The second kappa shape index (κ2) is 9.43. The zero-order valence-corrected chi connectivity index (χ0v) is 17.0. The van der Waals surface area contributed by atoms with Crippen molar-refractivity contribution in [2.75, 3.05) is 32.6 Å².